The molecule has 0 radical (unpaired) electrons. The van der Waals surface area contributed by atoms with E-state index in [1.54, 1.807) is 0 Å². The quantitative estimate of drug-likeness (QED) is 0.180. The van der Waals surface area contributed by atoms with Crippen molar-refractivity contribution >= 4 is 28.0 Å². The van der Waals surface area contributed by atoms with Gasteiger partial charge in [0.1, 0.15) is 5.58 Å². The van der Waals surface area contributed by atoms with Gasteiger partial charge in [-0.15, -0.1) is 0 Å². The SMILES string of the molecule is Cc1ccccc1-c1oc2ccc(-c3cccc4c3-c3ccccc3C4(c3ccccc3)c3ccccc3)cc2c1Nc1ccccc1N. The molecule has 0 fully saturated rings. The van der Waals surface area contributed by atoms with Gasteiger partial charge in [0.05, 0.1) is 22.5 Å². The minimum atomic E-state index is -0.459. The van der Waals surface area contributed by atoms with Gasteiger partial charge in [-0.05, 0) is 81.3 Å². The highest BCUT2D eigenvalue weighted by Crippen LogP contribution is 2.58. The summed E-state index contributed by atoms with van der Waals surface area (Å²) in [6.07, 6.45) is 0. The summed E-state index contributed by atoms with van der Waals surface area (Å²) in [4.78, 5) is 0. The normalized spacial score (nSPS) is 12.8. The van der Waals surface area contributed by atoms with Crippen LogP contribution in [0.15, 0.2) is 174 Å². The Morgan fingerprint density at radius 2 is 1.16 bits per heavy atom. The number of nitrogen functional groups attached to an aromatic ring is 1. The van der Waals surface area contributed by atoms with Crippen LogP contribution in [-0.4, -0.2) is 0 Å². The summed E-state index contributed by atoms with van der Waals surface area (Å²) in [5.74, 6) is 0.796. The first-order chi connectivity index (χ1) is 24.1. The molecule has 0 amide bonds. The monoisotopic (exact) mass is 630 g/mol. The maximum Gasteiger partial charge on any atom is 0.159 e. The average Bonchev–Trinajstić information content (AvgIpc) is 3.67. The van der Waals surface area contributed by atoms with E-state index in [0.717, 1.165) is 44.8 Å². The molecule has 0 unspecified atom stereocenters. The lowest BCUT2D eigenvalue weighted by Crippen LogP contribution is -2.28. The van der Waals surface area contributed by atoms with Crippen LogP contribution in [0, 0.1) is 6.92 Å². The largest absolute Gasteiger partial charge is 0.454 e. The molecule has 0 saturated heterocycles. The number of fused-ring (bicyclic) bond motifs is 4. The second-order valence-corrected chi connectivity index (χ2v) is 12.8. The predicted molar refractivity (Wildman–Crippen MR) is 203 cm³/mol. The Morgan fingerprint density at radius 1 is 0.551 bits per heavy atom. The van der Waals surface area contributed by atoms with Crippen LogP contribution in [0.4, 0.5) is 17.1 Å². The molecule has 0 atom stereocenters. The molecule has 49 heavy (non-hydrogen) atoms. The first kappa shape index (κ1) is 28.9. The van der Waals surface area contributed by atoms with Crippen LogP contribution in [0.1, 0.15) is 27.8 Å². The molecule has 8 aromatic rings. The number of rotatable bonds is 6. The molecule has 0 aliphatic heterocycles. The van der Waals surface area contributed by atoms with Crippen LogP contribution in [0.2, 0.25) is 0 Å². The molecule has 0 bridgehead atoms. The number of anilines is 3. The molecule has 1 heterocycles. The van der Waals surface area contributed by atoms with E-state index in [-0.39, 0.29) is 0 Å². The van der Waals surface area contributed by atoms with E-state index in [4.69, 9.17) is 10.2 Å². The van der Waals surface area contributed by atoms with Crippen LogP contribution in [0.25, 0.3) is 44.5 Å². The van der Waals surface area contributed by atoms with Crippen molar-refractivity contribution in [3.8, 4) is 33.6 Å². The Morgan fingerprint density at radius 3 is 1.90 bits per heavy atom. The Labute approximate surface area is 286 Å². The maximum absolute atomic E-state index is 6.66. The number of aryl methyl sites for hydroxylation is 1. The van der Waals surface area contributed by atoms with Gasteiger partial charge in [0, 0.05) is 10.9 Å². The van der Waals surface area contributed by atoms with Crippen molar-refractivity contribution in [3.05, 3.63) is 198 Å². The predicted octanol–water partition coefficient (Wildman–Crippen LogP) is 11.8. The molecule has 0 saturated carbocycles. The fraction of sp³-hybridized carbons (Fsp3) is 0.0435. The van der Waals surface area contributed by atoms with E-state index in [0.29, 0.717) is 5.69 Å². The zero-order valence-electron chi connectivity index (χ0n) is 27.2. The Hall–Kier alpha value is -6.32. The van der Waals surface area contributed by atoms with E-state index in [1.165, 1.54) is 38.9 Å². The first-order valence-electron chi connectivity index (χ1n) is 16.7. The van der Waals surface area contributed by atoms with Crippen molar-refractivity contribution in [1.29, 1.82) is 0 Å². The smallest absolute Gasteiger partial charge is 0.159 e. The van der Waals surface area contributed by atoms with Gasteiger partial charge in [0.15, 0.2) is 5.76 Å². The van der Waals surface area contributed by atoms with Crippen LogP contribution in [-0.2, 0) is 5.41 Å². The summed E-state index contributed by atoms with van der Waals surface area (Å²) >= 11 is 0. The molecule has 1 aromatic heterocycles. The van der Waals surface area contributed by atoms with Crippen molar-refractivity contribution in [2.75, 3.05) is 11.1 Å². The van der Waals surface area contributed by atoms with E-state index < -0.39 is 5.41 Å². The van der Waals surface area contributed by atoms with Gasteiger partial charge < -0.3 is 15.5 Å². The number of nitrogens with one attached hydrogen (secondary N) is 1. The van der Waals surface area contributed by atoms with Gasteiger partial charge in [-0.25, -0.2) is 0 Å². The Bertz CT molecular complexity index is 2450. The summed E-state index contributed by atoms with van der Waals surface area (Å²) in [5.41, 5.74) is 21.3. The highest BCUT2D eigenvalue weighted by molar-refractivity contribution is 6.05. The maximum atomic E-state index is 6.66. The number of furan rings is 1. The lowest BCUT2D eigenvalue weighted by molar-refractivity contribution is 0.632. The molecule has 1 aliphatic rings. The lowest BCUT2D eigenvalue weighted by atomic mass is 9.67. The van der Waals surface area contributed by atoms with Crippen LogP contribution in [0.5, 0.6) is 0 Å². The number of nitrogens with two attached hydrogens (primary N) is 1. The third kappa shape index (κ3) is 4.43. The fourth-order valence-electron chi connectivity index (χ4n) is 7.89. The first-order valence-corrected chi connectivity index (χ1v) is 16.7. The van der Waals surface area contributed by atoms with Crippen LogP contribution < -0.4 is 11.1 Å². The third-order valence-corrected chi connectivity index (χ3v) is 10.1. The van der Waals surface area contributed by atoms with E-state index in [2.05, 4.69) is 158 Å². The molecule has 0 spiro atoms. The van der Waals surface area contributed by atoms with E-state index >= 15 is 0 Å². The standard InChI is InChI=1S/C46H34N2O/c1-30-15-8-9-20-34(30)45-44(48-41-26-13-12-25-40(41)47)37-29-31(27-28-42(37)49-45)35-22-14-24-39-43(35)36-21-10-11-23-38(36)46(39,32-16-4-2-5-17-32)33-18-6-3-7-19-33/h2-29,48H,47H2,1H3. The minimum absolute atomic E-state index is 0.459. The molecule has 3 N–H and O–H groups in total. The highest BCUT2D eigenvalue weighted by atomic mass is 16.3. The van der Waals surface area contributed by atoms with Crippen molar-refractivity contribution in [3.63, 3.8) is 0 Å². The second kappa shape index (κ2) is 11.4. The molecule has 7 aromatic carbocycles. The van der Waals surface area contributed by atoms with Gasteiger partial charge >= 0.3 is 0 Å². The molecular formula is C46H34N2O. The molecule has 9 rings (SSSR count). The minimum Gasteiger partial charge on any atom is -0.454 e. The summed E-state index contributed by atoms with van der Waals surface area (Å²) < 4.78 is 6.66. The molecule has 234 valence electrons. The van der Waals surface area contributed by atoms with Crippen LogP contribution >= 0.6 is 0 Å². The van der Waals surface area contributed by atoms with Gasteiger partial charge in [-0.3, -0.25) is 0 Å². The number of hydrogen-bond acceptors (Lipinski definition) is 3. The number of benzene rings is 7. The number of para-hydroxylation sites is 2. The van der Waals surface area contributed by atoms with Crippen molar-refractivity contribution in [2.45, 2.75) is 12.3 Å². The van der Waals surface area contributed by atoms with Crippen molar-refractivity contribution < 1.29 is 4.42 Å². The zero-order chi connectivity index (χ0) is 33.0. The fourth-order valence-corrected chi connectivity index (χ4v) is 7.89. The van der Waals surface area contributed by atoms with Gasteiger partial charge in [0.2, 0.25) is 0 Å². The Kier molecular flexibility index (Phi) is 6.73. The summed E-state index contributed by atoms with van der Waals surface area (Å²) in [7, 11) is 0. The molecule has 1 aliphatic carbocycles. The number of hydrogen-bond donors (Lipinski definition) is 2. The molecule has 3 nitrogen and oxygen atoms in total. The Balaban J connectivity index is 1.31. The molecule has 3 heteroatoms. The second-order valence-electron chi connectivity index (χ2n) is 12.8. The average molecular weight is 631 g/mol. The molecular weight excluding hydrogens is 597 g/mol. The lowest BCUT2D eigenvalue weighted by Gasteiger charge is -2.34. The van der Waals surface area contributed by atoms with Crippen LogP contribution in [0.3, 0.4) is 0 Å². The topological polar surface area (TPSA) is 51.2 Å². The van der Waals surface area contributed by atoms with Crippen molar-refractivity contribution in [2.24, 2.45) is 0 Å². The third-order valence-electron chi connectivity index (χ3n) is 10.1. The van der Waals surface area contributed by atoms with E-state index in [1.807, 2.05) is 24.3 Å². The van der Waals surface area contributed by atoms with E-state index in [9.17, 15) is 0 Å². The highest BCUT2D eigenvalue weighted by Gasteiger charge is 2.46. The summed E-state index contributed by atoms with van der Waals surface area (Å²) in [6.45, 7) is 2.12. The summed E-state index contributed by atoms with van der Waals surface area (Å²) in [5, 5.41) is 4.67. The van der Waals surface area contributed by atoms with Gasteiger partial charge in [-0.1, -0.05) is 146 Å². The summed E-state index contributed by atoms with van der Waals surface area (Å²) in [6, 6.07) is 60.3. The van der Waals surface area contributed by atoms with Crippen molar-refractivity contribution in [1.82, 2.24) is 0 Å². The van der Waals surface area contributed by atoms with Gasteiger partial charge in [-0.2, -0.15) is 0 Å². The van der Waals surface area contributed by atoms with Gasteiger partial charge in [0.25, 0.3) is 0 Å². The zero-order valence-corrected chi connectivity index (χ0v) is 27.2.